The van der Waals surface area contributed by atoms with E-state index in [0.29, 0.717) is 0 Å². The van der Waals surface area contributed by atoms with Gasteiger partial charge in [0.2, 0.25) is 0 Å². The average molecular weight is 214 g/mol. The highest BCUT2D eigenvalue weighted by Crippen LogP contribution is 2.30. The summed E-state index contributed by atoms with van der Waals surface area (Å²) in [5, 5.41) is 8.86. The molecule has 1 heterocycles. The minimum absolute atomic E-state index is 0.0452. The summed E-state index contributed by atoms with van der Waals surface area (Å²) < 4.78 is 5.14. The molecule has 0 saturated carbocycles. The van der Waals surface area contributed by atoms with Gasteiger partial charge >= 0.3 is 5.97 Å². The number of hydrogen-bond acceptors (Lipinski definition) is 3. The van der Waals surface area contributed by atoms with Gasteiger partial charge in [-0.05, 0) is 13.0 Å². The third-order valence-electron chi connectivity index (χ3n) is 2.22. The highest BCUT2D eigenvalue weighted by molar-refractivity contribution is 8.00. The molecule has 0 aliphatic carbocycles. The molecule has 0 radical (unpaired) electrons. The third kappa shape index (κ3) is 2.54. The van der Waals surface area contributed by atoms with E-state index in [-0.39, 0.29) is 11.2 Å². The summed E-state index contributed by atoms with van der Waals surface area (Å²) in [7, 11) is 0. The first-order valence-electron chi connectivity index (χ1n) is 4.46. The maximum Gasteiger partial charge on any atom is 0.307 e. The van der Waals surface area contributed by atoms with Gasteiger partial charge in [-0.1, -0.05) is 13.8 Å². The van der Waals surface area contributed by atoms with Gasteiger partial charge in [0.15, 0.2) is 0 Å². The van der Waals surface area contributed by atoms with Crippen LogP contribution in [0.3, 0.4) is 0 Å². The van der Waals surface area contributed by atoms with Crippen LogP contribution in [0.15, 0.2) is 21.6 Å². The molecule has 1 rings (SSSR count). The molecular formula is C10H14O3S. The van der Waals surface area contributed by atoms with Crippen molar-refractivity contribution in [1.82, 2.24) is 0 Å². The van der Waals surface area contributed by atoms with Crippen molar-refractivity contribution in [1.29, 1.82) is 0 Å². The Morgan fingerprint density at radius 3 is 2.64 bits per heavy atom. The first-order chi connectivity index (χ1) is 6.52. The van der Waals surface area contributed by atoms with Gasteiger partial charge in [0.25, 0.3) is 0 Å². The number of aliphatic carboxylic acids is 1. The molecule has 14 heavy (non-hydrogen) atoms. The summed E-state index contributed by atoms with van der Waals surface area (Å²) in [6.45, 7) is 5.51. The van der Waals surface area contributed by atoms with Crippen LogP contribution in [-0.2, 0) is 4.79 Å². The molecule has 0 amide bonds. The molecule has 1 N–H and O–H groups in total. The third-order valence-corrected chi connectivity index (χ3v) is 3.68. The molecule has 0 bridgehead atoms. The molecule has 0 fully saturated rings. The number of carbonyl (C=O) groups is 1. The maximum atomic E-state index is 10.7. The van der Waals surface area contributed by atoms with Gasteiger partial charge in [0, 0.05) is 10.1 Å². The molecule has 0 aliphatic rings. The van der Waals surface area contributed by atoms with E-state index < -0.39 is 5.97 Å². The normalized spacial score (nSPS) is 15.1. The second kappa shape index (κ2) is 4.55. The smallest absolute Gasteiger partial charge is 0.307 e. The van der Waals surface area contributed by atoms with Crippen LogP contribution in [0.25, 0.3) is 0 Å². The number of thioether (sulfide) groups is 1. The Bertz CT molecular complexity index is 319. The lowest BCUT2D eigenvalue weighted by Gasteiger charge is -2.14. The van der Waals surface area contributed by atoms with Crippen LogP contribution in [0.5, 0.6) is 0 Å². The van der Waals surface area contributed by atoms with Gasteiger partial charge < -0.3 is 9.52 Å². The summed E-state index contributed by atoms with van der Waals surface area (Å²) >= 11 is 1.54. The SMILES string of the molecule is Cc1occc1SC(C)C(C)C(=O)O. The standard InChI is InChI=1S/C10H14O3S/c1-6(10(11)12)8(3)14-9-4-5-13-7(9)2/h4-6,8H,1-3H3,(H,11,12). The van der Waals surface area contributed by atoms with Crippen molar-refractivity contribution in [2.24, 2.45) is 5.92 Å². The van der Waals surface area contributed by atoms with Gasteiger partial charge in [-0.2, -0.15) is 0 Å². The Kier molecular flexibility index (Phi) is 3.63. The number of aryl methyl sites for hydroxylation is 1. The minimum Gasteiger partial charge on any atom is -0.481 e. The first-order valence-corrected chi connectivity index (χ1v) is 5.34. The second-order valence-electron chi connectivity index (χ2n) is 3.29. The summed E-state index contributed by atoms with van der Waals surface area (Å²) in [4.78, 5) is 11.7. The number of rotatable bonds is 4. The van der Waals surface area contributed by atoms with Gasteiger partial charge in [-0.3, -0.25) is 4.79 Å². The zero-order chi connectivity index (χ0) is 10.7. The fourth-order valence-corrected chi connectivity index (χ4v) is 2.07. The molecule has 0 spiro atoms. The van der Waals surface area contributed by atoms with E-state index >= 15 is 0 Å². The number of carboxylic acid groups (broad SMARTS) is 1. The first kappa shape index (κ1) is 11.2. The van der Waals surface area contributed by atoms with Crippen LogP contribution >= 0.6 is 11.8 Å². The van der Waals surface area contributed by atoms with Crippen LogP contribution in [0, 0.1) is 12.8 Å². The highest BCUT2D eigenvalue weighted by atomic mass is 32.2. The lowest BCUT2D eigenvalue weighted by molar-refractivity contribution is -0.140. The highest BCUT2D eigenvalue weighted by Gasteiger charge is 2.21. The van der Waals surface area contributed by atoms with Gasteiger partial charge in [-0.15, -0.1) is 11.8 Å². The van der Waals surface area contributed by atoms with E-state index in [4.69, 9.17) is 9.52 Å². The summed E-state index contributed by atoms with van der Waals surface area (Å²) in [5.74, 6) is -0.264. The average Bonchev–Trinajstić information content (AvgIpc) is 2.50. The topological polar surface area (TPSA) is 50.4 Å². The largest absolute Gasteiger partial charge is 0.481 e. The van der Waals surface area contributed by atoms with Crippen molar-refractivity contribution < 1.29 is 14.3 Å². The molecule has 2 unspecified atom stereocenters. The molecular weight excluding hydrogens is 200 g/mol. The lowest BCUT2D eigenvalue weighted by Crippen LogP contribution is -2.19. The van der Waals surface area contributed by atoms with E-state index in [1.54, 1.807) is 13.2 Å². The van der Waals surface area contributed by atoms with Crippen LogP contribution in [0.4, 0.5) is 0 Å². The molecule has 2 atom stereocenters. The van der Waals surface area contributed by atoms with Crippen LogP contribution in [-0.4, -0.2) is 16.3 Å². The van der Waals surface area contributed by atoms with E-state index in [1.165, 1.54) is 11.8 Å². The van der Waals surface area contributed by atoms with E-state index in [2.05, 4.69) is 0 Å². The van der Waals surface area contributed by atoms with Crippen LogP contribution in [0.1, 0.15) is 19.6 Å². The van der Waals surface area contributed by atoms with Crippen molar-refractivity contribution in [2.45, 2.75) is 30.9 Å². The van der Waals surface area contributed by atoms with Crippen LogP contribution < -0.4 is 0 Å². The van der Waals surface area contributed by atoms with Crippen molar-refractivity contribution in [2.75, 3.05) is 0 Å². The molecule has 78 valence electrons. The Labute approximate surface area is 87.5 Å². The molecule has 0 aliphatic heterocycles. The number of hydrogen-bond donors (Lipinski definition) is 1. The van der Waals surface area contributed by atoms with Crippen molar-refractivity contribution in [3.05, 3.63) is 18.1 Å². The molecule has 0 aromatic carbocycles. The van der Waals surface area contributed by atoms with Crippen molar-refractivity contribution in [3.63, 3.8) is 0 Å². The predicted molar refractivity (Wildman–Crippen MR) is 55.6 cm³/mol. The molecule has 1 aromatic heterocycles. The van der Waals surface area contributed by atoms with Gasteiger partial charge in [0.1, 0.15) is 5.76 Å². The molecule has 3 nitrogen and oxygen atoms in total. The van der Waals surface area contributed by atoms with Crippen molar-refractivity contribution >= 4 is 17.7 Å². The zero-order valence-corrected chi connectivity index (χ0v) is 9.30. The fourth-order valence-electron chi connectivity index (χ4n) is 0.999. The maximum absolute atomic E-state index is 10.7. The van der Waals surface area contributed by atoms with E-state index in [9.17, 15) is 4.79 Å². The summed E-state index contributed by atoms with van der Waals surface area (Å²) in [6.07, 6.45) is 1.62. The minimum atomic E-state index is -0.758. The summed E-state index contributed by atoms with van der Waals surface area (Å²) in [6, 6.07) is 1.87. The Balaban J connectivity index is 2.61. The van der Waals surface area contributed by atoms with E-state index in [1.807, 2.05) is 19.9 Å². The Morgan fingerprint density at radius 1 is 1.57 bits per heavy atom. The fraction of sp³-hybridized carbons (Fsp3) is 0.500. The number of carboxylic acids is 1. The molecule has 4 heteroatoms. The lowest BCUT2D eigenvalue weighted by atomic mass is 10.1. The Morgan fingerprint density at radius 2 is 2.21 bits per heavy atom. The van der Waals surface area contributed by atoms with Crippen molar-refractivity contribution in [3.8, 4) is 0 Å². The monoisotopic (exact) mass is 214 g/mol. The molecule has 0 saturated heterocycles. The zero-order valence-electron chi connectivity index (χ0n) is 8.48. The number of furan rings is 1. The quantitative estimate of drug-likeness (QED) is 0.783. The Hall–Kier alpha value is -0.900. The molecule has 1 aromatic rings. The summed E-state index contributed by atoms with van der Waals surface area (Å²) in [5.41, 5.74) is 0. The van der Waals surface area contributed by atoms with Crippen LogP contribution in [0.2, 0.25) is 0 Å². The predicted octanol–water partition coefficient (Wildman–Crippen LogP) is 2.79. The van der Waals surface area contributed by atoms with E-state index in [0.717, 1.165) is 10.7 Å². The second-order valence-corrected chi connectivity index (χ2v) is 4.71. The van der Waals surface area contributed by atoms with Gasteiger partial charge in [0.05, 0.1) is 12.2 Å². The van der Waals surface area contributed by atoms with Gasteiger partial charge in [-0.25, -0.2) is 0 Å².